The Bertz CT molecular complexity index is 1610. The van der Waals surface area contributed by atoms with Crippen LogP contribution in [0.2, 0.25) is 0 Å². The number of nitrogens with two attached hydrogens (primary N) is 2. The molecule has 2 aromatic heterocycles. The number of nitriles is 1. The second-order valence-corrected chi connectivity index (χ2v) is 9.70. The van der Waals surface area contributed by atoms with Gasteiger partial charge in [-0.3, -0.25) is 9.36 Å². The van der Waals surface area contributed by atoms with Gasteiger partial charge in [0.05, 0.1) is 17.1 Å². The lowest BCUT2D eigenvalue weighted by atomic mass is 10.0. The molecule has 5 rings (SSSR count). The van der Waals surface area contributed by atoms with E-state index in [4.69, 9.17) is 11.5 Å². The topological polar surface area (TPSA) is 152 Å². The van der Waals surface area contributed by atoms with Crippen LogP contribution in [0.5, 0.6) is 0 Å². The van der Waals surface area contributed by atoms with Crippen molar-refractivity contribution in [3.63, 3.8) is 0 Å². The number of halogens is 1. The average Bonchev–Trinajstić information content (AvgIpc) is 3.44. The molecule has 0 spiro atoms. The van der Waals surface area contributed by atoms with E-state index in [2.05, 4.69) is 25.2 Å². The molecule has 200 valence electrons. The number of aromatic nitrogens is 4. The molecule has 0 amide bonds. The highest BCUT2D eigenvalue weighted by Crippen LogP contribution is 2.27. The molecule has 0 aliphatic carbocycles. The van der Waals surface area contributed by atoms with Crippen molar-refractivity contribution in [3.8, 4) is 11.8 Å². The summed E-state index contributed by atoms with van der Waals surface area (Å²) in [6.45, 7) is 4.86. The van der Waals surface area contributed by atoms with E-state index < -0.39 is 11.9 Å². The second kappa shape index (κ2) is 11.0. The molecule has 1 saturated heterocycles. The zero-order valence-corrected chi connectivity index (χ0v) is 21.7. The van der Waals surface area contributed by atoms with Crippen LogP contribution in [0.15, 0.2) is 47.3 Å². The van der Waals surface area contributed by atoms with Crippen molar-refractivity contribution in [2.45, 2.75) is 38.6 Å². The number of hydrogen-bond acceptors (Lipinski definition) is 9. The Morgan fingerprint density at radius 3 is 2.56 bits per heavy atom. The molecule has 1 atom stereocenters. The highest BCUT2D eigenvalue weighted by molar-refractivity contribution is 5.82. The van der Waals surface area contributed by atoms with Crippen LogP contribution in [-0.2, 0) is 6.42 Å². The standard InChI is InChI=1S/C28H30FN9O/c1-17(33-25-20(16-30)24(31)35-28(32)36-25)26-34-23-21(29)12-11-18(8-7-15-37-13-5-6-14-37)22(23)27(39)38(26)19-9-3-2-4-10-19/h2-4,9-12,17H,5-8,13-15H2,1H3,(H5,31,32,33,35,36)/t17-/m0/s1. The van der Waals surface area contributed by atoms with Gasteiger partial charge in [-0.2, -0.15) is 15.2 Å². The number of hydrogen-bond donors (Lipinski definition) is 3. The van der Waals surface area contributed by atoms with Gasteiger partial charge in [-0.25, -0.2) is 9.37 Å². The van der Waals surface area contributed by atoms with E-state index in [1.807, 2.05) is 24.3 Å². The lowest BCUT2D eigenvalue weighted by molar-refractivity contribution is 0.334. The number of benzene rings is 2. The number of rotatable bonds is 8. The molecule has 0 bridgehead atoms. The van der Waals surface area contributed by atoms with E-state index in [1.165, 1.54) is 23.5 Å². The van der Waals surface area contributed by atoms with Crippen molar-refractivity contribution in [1.29, 1.82) is 5.26 Å². The maximum absolute atomic E-state index is 15.2. The summed E-state index contributed by atoms with van der Waals surface area (Å²) in [5, 5.41) is 12.9. The van der Waals surface area contributed by atoms with Crippen molar-refractivity contribution in [2.75, 3.05) is 36.4 Å². The molecule has 3 heterocycles. The first-order valence-electron chi connectivity index (χ1n) is 13.0. The monoisotopic (exact) mass is 527 g/mol. The Balaban J connectivity index is 1.62. The predicted octanol–water partition coefficient (Wildman–Crippen LogP) is 3.55. The lowest BCUT2D eigenvalue weighted by Gasteiger charge is -2.21. The highest BCUT2D eigenvalue weighted by atomic mass is 19.1. The summed E-state index contributed by atoms with van der Waals surface area (Å²) in [6, 6.07) is 13.4. The number of anilines is 3. The van der Waals surface area contributed by atoms with Crippen molar-refractivity contribution in [1.82, 2.24) is 24.4 Å². The second-order valence-electron chi connectivity index (χ2n) is 9.70. The number of fused-ring (bicyclic) bond motifs is 1. The SMILES string of the molecule is C[C@H](Nc1nc(N)nc(N)c1C#N)c1nc2c(F)ccc(CCCN3CCCC3)c2c(=O)n1-c1ccccc1. The van der Waals surface area contributed by atoms with Gasteiger partial charge in [0.25, 0.3) is 5.56 Å². The number of aryl methyl sites for hydroxylation is 1. The first-order valence-corrected chi connectivity index (χ1v) is 13.0. The number of likely N-dealkylation sites (tertiary alicyclic amines) is 1. The molecule has 0 saturated carbocycles. The fourth-order valence-electron chi connectivity index (χ4n) is 5.14. The molecule has 1 aliphatic rings. The first-order chi connectivity index (χ1) is 18.9. The molecular formula is C28H30FN9O. The lowest BCUT2D eigenvalue weighted by Crippen LogP contribution is -2.29. The van der Waals surface area contributed by atoms with Gasteiger partial charge in [-0.05, 0) is 76.0 Å². The third-order valence-electron chi connectivity index (χ3n) is 7.03. The highest BCUT2D eigenvalue weighted by Gasteiger charge is 2.23. The average molecular weight is 528 g/mol. The molecule has 39 heavy (non-hydrogen) atoms. The van der Waals surface area contributed by atoms with E-state index in [-0.39, 0.29) is 45.4 Å². The first kappa shape index (κ1) is 26.1. The molecule has 11 heteroatoms. The van der Waals surface area contributed by atoms with E-state index in [9.17, 15) is 10.1 Å². The van der Waals surface area contributed by atoms with Gasteiger partial charge in [-0.15, -0.1) is 0 Å². The summed E-state index contributed by atoms with van der Waals surface area (Å²) in [6.07, 6.45) is 3.92. The van der Waals surface area contributed by atoms with E-state index in [0.29, 0.717) is 12.1 Å². The largest absolute Gasteiger partial charge is 0.382 e. The van der Waals surface area contributed by atoms with Crippen LogP contribution >= 0.6 is 0 Å². The van der Waals surface area contributed by atoms with E-state index in [0.717, 1.165) is 31.6 Å². The van der Waals surface area contributed by atoms with Crippen LogP contribution in [0.1, 0.15) is 49.2 Å². The number of nitrogens with zero attached hydrogens (tertiary/aromatic N) is 6. The molecule has 10 nitrogen and oxygen atoms in total. The van der Waals surface area contributed by atoms with Gasteiger partial charge in [-0.1, -0.05) is 24.3 Å². The molecule has 5 N–H and O–H groups in total. The summed E-state index contributed by atoms with van der Waals surface area (Å²) < 4.78 is 16.7. The molecule has 0 radical (unpaired) electrons. The molecule has 2 aromatic carbocycles. The fraction of sp³-hybridized carbons (Fsp3) is 0.321. The third kappa shape index (κ3) is 5.24. The van der Waals surface area contributed by atoms with Gasteiger partial charge in [0, 0.05) is 0 Å². The summed E-state index contributed by atoms with van der Waals surface area (Å²) >= 11 is 0. The Labute approximate surface area is 225 Å². The van der Waals surface area contributed by atoms with Crippen molar-refractivity contribution in [2.24, 2.45) is 0 Å². The maximum atomic E-state index is 15.2. The minimum absolute atomic E-state index is 0.0109. The number of nitrogen functional groups attached to an aromatic ring is 2. The van der Waals surface area contributed by atoms with Crippen LogP contribution in [-0.4, -0.2) is 44.1 Å². The minimum Gasteiger partial charge on any atom is -0.382 e. The van der Waals surface area contributed by atoms with Crippen LogP contribution in [0.4, 0.5) is 22.0 Å². The zero-order valence-electron chi connectivity index (χ0n) is 21.7. The fourth-order valence-corrected chi connectivity index (χ4v) is 5.14. The van der Waals surface area contributed by atoms with E-state index in [1.54, 1.807) is 25.1 Å². The number of para-hydroxylation sites is 1. The Morgan fingerprint density at radius 2 is 1.85 bits per heavy atom. The zero-order chi connectivity index (χ0) is 27.5. The van der Waals surface area contributed by atoms with Crippen LogP contribution in [0.25, 0.3) is 16.6 Å². The van der Waals surface area contributed by atoms with Gasteiger partial charge in [0.2, 0.25) is 5.95 Å². The van der Waals surface area contributed by atoms with Crippen LogP contribution < -0.4 is 22.3 Å². The smallest absolute Gasteiger partial charge is 0.266 e. The predicted molar refractivity (Wildman–Crippen MR) is 149 cm³/mol. The van der Waals surface area contributed by atoms with Gasteiger partial charge < -0.3 is 21.7 Å². The summed E-state index contributed by atoms with van der Waals surface area (Å²) in [5.74, 6) is -0.423. The molecule has 1 fully saturated rings. The summed E-state index contributed by atoms with van der Waals surface area (Å²) in [7, 11) is 0. The molecule has 0 unspecified atom stereocenters. The molecule has 4 aromatic rings. The Hall–Kier alpha value is -4.56. The maximum Gasteiger partial charge on any atom is 0.266 e. The number of nitrogens with one attached hydrogen (secondary N) is 1. The summed E-state index contributed by atoms with van der Waals surface area (Å²) in [5.41, 5.74) is 12.6. The normalized spacial score (nSPS) is 14.4. The Morgan fingerprint density at radius 1 is 1.10 bits per heavy atom. The van der Waals surface area contributed by atoms with E-state index >= 15 is 4.39 Å². The summed E-state index contributed by atoms with van der Waals surface area (Å²) in [4.78, 5) is 29.2. The van der Waals surface area contributed by atoms with Crippen LogP contribution in [0.3, 0.4) is 0 Å². The van der Waals surface area contributed by atoms with Crippen molar-refractivity contribution >= 4 is 28.5 Å². The van der Waals surface area contributed by atoms with Gasteiger partial charge in [0.15, 0.2) is 5.82 Å². The van der Waals surface area contributed by atoms with Gasteiger partial charge >= 0.3 is 0 Å². The van der Waals surface area contributed by atoms with Crippen molar-refractivity contribution < 1.29 is 4.39 Å². The minimum atomic E-state index is -0.693. The van der Waals surface area contributed by atoms with Crippen LogP contribution in [0, 0.1) is 17.1 Å². The Kier molecular flexibility index (Phi) is 7.38. The quantitative estimate of drug-likeness (QED) is 0.312. The molecular weight excluding hydrogens is 497 g/mol. The van der Waals surface area contributed by atoms with Crippen molar-refractivity contribution in [3.05, 3.63) is 75.6 Å². The third-order valence-corrected chi connectivity index (χ3v) is 7.03. The molecule has 1 aliphatic heterocycles. The van der Waals surface area contributed by atoms with Gasteiger partial charge in [0.1, 0.15) is 34.6 Å².